The van der Waals surface area contributed by atoms with Gasteiger partial charge in [0.1, 0.15) is 0 Å². The first-order chi connectivity index (χ1) is 5.74. The van der Waals surface area contributed by atoms with E-state index >= 15 is 0 Å². The summed E-state index contributed by atoms with van der Waals surface area (Å²) < 4.78 is 0. The maximum atomic E-state index is 11.1. The summed E-state index contributed by atoms with van der Waals surface area (Å²) in [5, 5.41) is 8.78. The van der Waals surface area contributed by atoms with Crippen molar-refractivity contribution < 1.29 is 4.79 Å². The van der Waals surface area contributed by atoms with E-state index in [1.165, 1.54) is 0 Å². The molecule has 4 nitrogen and oxygen atoms in total. The number of nitrogens with one attached hydrogen (secondary N) is 3. The topological polar surface area (TPSA) is 53.2 Å². The Kier molecular flexibility index (Phi) is 3.34. The third-order valence-corrected chi connectivity index (χ3v) is 2.22. The van der Waals surface area contributed by atoms with Gasteiger partial charge in [0, 0.05) is 31.6 Å². The summed E-state index contributed by atoms with van der Waals surface area (Å²) in [6.07, 6.45) is 0. The standard InChI is InChI=1S/C8H17N3O/c1-3-10-8(12)11-6(2)7-4-9-5-7/h6-7,9H,3-5H2,1-2H3,(H2,10,11,12). The molecule has 0 bridgehead atoms. The van der Waals surface area contributed by atoms with Gasteiger partial charge in [0.2, 0.25) is 0 Å². The van der Waals surface area contributed by atoms with Crippen LogP contribution in [0, 0.1) is 5.92 Å². The van der Waals surface area contributed by atoms with Gasteiger partial charge >= 0.3 is 6.03 Å². The van der Waals surface area contributed by atoms with E-state index in [4.69, 9.17) is 0 Å². The summed E-state index contributed by atoms with van der Waals surface area (Å²) >= 11 is 0. The summed E-state index contributed by atoms with van der Waals surface area (Å²) in [6, 6.07) is 0.217. The minimum atomic E-state index is -0.0584. The highest BCUT2D eigenvalue weighted by Gasteiger charge is 2.24. The van der Waals surface area contributed by atoms with E-state index in [1.807, 2.05) is 13.8 Å². The molecule has 0 spiro atoms. The third kappa shape index (κ3) is 2.37. The lowest BCUT2D eigenvalue weighted by Gasteiger charge is -2.32. The monoisotopic (exact) mass is 171 g/mol. The lowest BCUT2D eigenvalue weighted by Crippen LogP contribution is -2.54. The van der Waals surface area contributed by atoms with Gasteiger partial charge in [-0.15, -0.1) is 0 Å². The highest BCUT2D eigenvalue weighted by Crippen LogP contribution is 2.07. The maximum Gasteiger partial charge on any atom is 0.314 e. The number of amides is 2. The van der Waals surface area contributed by atoms with Crippen LogP contribution < -0.4 is 16.0 Å². The lowest BCUT2D eigenvalue weighted by atomic mass is 9.95. The summed E-state index contributed by atoms with van der Waals surface area (Å²) in [7, 11) is 0. The van der Waals surface area contributed by atoms with Crippen LogP contribution in [0.2, 0.25) is 0 Å². The van der Waals surface area contributed by atoms with Crippen LogP contribution in [0.25, 0.3) is 0 Å². The van der Waals surface area contributed by atoms with Gasteiger partial charge in [-0.1, -0.05) is 0 Å². The first kappa shape index (κ1) is 9.32. The average Bonchev–Trinajstić information content (AvgIpc) is 1.82. The highest BCUT2D eigenvalue weighted by atomic mass is 16.2. The van der Waals surface area contributed by atoms with Crippen molar-refractivity contribution in [3.63, 3.8) is 0 Å². The van der Waals surface area contributed by atoms with Gasteiger partial charge in [0.05, 0.1) is 0 Å². The van der Waals surface area contributed by atoms with E-state index in [2.05, 4.69) is 16.0 Å². The molecule has 0 radical (unpaired) electrons. The first-order valence-corrected chi connectivity index (χ1v) is 4.49. The molecule has 0 aromatic carbocycles. The second-order valence-corrected chi connectivity index (χ2v) is 3.21. The minimum Gasteiger partial charge on any atom is -0.338 e. The Morgan fingerprint density at radius 2 is 2.33 bits per heavy atom. The van der Waals surface area contributed by atoms with E-state index in [0.717, 1.165) is 13.1 Å². The van der Waals surface area contributed by atoms with E-state index in [-0.39, 0.29) is 12.1 Å². The molecule has 1 atom stereocenters. The highest BCUT2D eigenvalue weighted by molar-refractivity contribution is 5.74. The Bertz CT molecular complexity index is 156. The van der Waals surface area contributed by atoms with Crippen LogP contribution in [-0.2, 0) is 0 Å². The molecule has 70 valence electrons. The van der Waals surface area contributed by atoms with Crippen molar-refractivity contribution in [2.24, 2.45) is 5.92 Å². The summed E-state index contributed by atoms with van der Waals surface area (Å²) in [5.74, 6) is 0.604. The minimum absolute atomic E-state index is 0.0584. The van der Waals surface area contributed by atoms with E-state index in [9.17, 15) is 4.79 Å². The second kappa shape index (κ2) is 4.30. The van der Waals surface area contributed by atoms with Crippen molar-refractivity contribution >= 4 is 6.03 Å². The fraction of sp³-hybridized carbons (Fsp3) is 0.875. The Hall–Kier alpha value is -0.770. The number of hydrogen-bond acceptors (Lipinski definition) is 2. The molecule has 1 unspecified atom stereocenters. The van der Waals surface area contributed by atoms with Crippen molar-refractivity contribution in [2.45, 2.75) is 19.9 Å². The number of hydrogen-bond donors (Lipinski definition) is 3. The molecule has 1 saturated heterocycles. The van der Waals surface area contributed by atoms with E-state index in [1.54, 1.807) is 0 Å². The van der Waals surface area contributed by atoms with Crippen LogP contribution in [0.15, 0.2) is 0 Å². The average molecular weight is 171 g/mol. The zero-order chi connectivity index (χ0) is 8.97. The molecule has 0 aromatic heterocycles. The van der Waals surface area contributed by atoms with Crippen molar-refractivity contribution in [3.8, 4) is 0 Å². The summed E-state index contributed by atoms with van der Waals surface area (Å²) in [6.45, 7) is 6.68. The van der Waals surface area contributed by atoms with Crippen LogP contribution in [0.3, 0.4) is 0 Å². The lowest BCUT2D eigenvalue weighted by molar-refractivity contribution is 0.222. The van der Waals surface area contributed by atoms with Gasteiger partial charge < -0.3 is 16.0 Å². The first-order valence-electron chi connectivity index (χ1n) is 4.49. The molecule has 0 aromatic rings. The maximum absolute atomic E-state index is 11.1. The van der Waals surface area contributed by atoms with E-state index < -0.39 is 0 Å². The van der Waals surface area contributed by atoms with Gasteiger partial charge in [0.25, 0.3) is 0 Å². The normalized spacial score (nSPS) is 19.5. The SMILES string of the molecule is CCNC(=O)NC(C)C1CNC1. The van der Waals surface area contributed by atoms with Crippen molar-refractivity contribution in [2.75, 3.05) is 19.6 Å². The molecule has 1 fully saturated rings. The Morgan fingerprint density at radius 1 is 1.67 bits per heavy atom. The number of rotatable bonds is 3. The molecular formula is C8H17N3O. The summed E-state index contributed by atoms with van der Waals surface area (Å²) in [4.78, 5) is 11.1. The molecule has 2 amide bonds. The molecule has 1 aliphatic heterocycles. The van der Waals surface area contributed by atoms with Crippen LogP contribution in [0.5, 0.6) is 0 Å². The molecular weight excluding hydrogens is 154 g/mol. The predicted octanol–water partition coefficient (Wildman–Crippen LogP) is -0.0866. The van der Waals surface area contributed by atoms with E-state index in [0.29, 0.717) is 12.5 Å². The zero-order valence-corrected chi connectivity index (χ0v) is 7.68. The second-order valence-electron chi connectivity index (χ2n) is 3.21. The smallest absolute Gasteiger partial charge is 0.314 e. The van der Waals surface area contributed by atoms with Crippen molar-refractivity contribution in [1.82, 2.24) is 16.0 Å². The number of carbonyl (C=O) groups excluding carboxylic acids is 1. The van der Waals surface area contributed by atoms with Crippen LogP contribution in [0.1, 0.15) is 13.8 Å². The predicted molar refractivity (Wildman–Crippen MR) is 48.0 cm³/mol. The van der Waals surface area contributed by atoms with Gasteiger partial charge in [-0.25, -0.2) is 4.79 Å². The fourth-order valence-electron chi connectivity index (χ4n) is 1.20. The van der Waals surface area contributed by atoms with Gasteiger partial charge in [-0.2, -0.15) is 0 Å². The number of urea groups is 1. The van der Waals surface area contributed by atoms with Gasteiger partial charge in [-0.3, -0.25) is 0 Å². The van der Waals surface area contributed by atoms with Crippen LogP contribution in [-0.4, -0.2) is 31.7 Å². The van der Waals surface area contributed by atoms with Crippen LogP contribution in [0.4, 0.5) is 4.79 Å². The Labute approximate surface area is 73.1 Å². The molecule has 1 rings (SSSR count). The molecule has 4 heteroatoms. The number of carbonyl (C=O) groups is 1. The van der Waals surface area contributed by atoms with Gasteiger partial charge in [0.15, 0.2) is 0 Å². The molecule has 12 heavy (non-hydrogen) atoms. The molecule has 0 aliphatic carbocycles. The Balaban J connectivity index is 2.15. The van der Waals surface area contributed by atoms with Crippen molar-refractivity contribution in [3.05, 3.63) is 0 Å². The van der Waals surface area contributed by atoms with Crippen LogP contribution >= 0.6 is 0 Å². The summed E-state index contributed by atoms with van der Waals surface area (Å²) in [5.41, 5.74) is 0. The van der Waals surface area contributed by atoms with Crippen molar-refractivity contribution in [1.29, 1.82) is 0 Å². The fourth-order valence-corrected chi connectivity index (χ4v) is 1.20. The van der Waals surface area contributed by atoms with Gasteiger partial charge in [-0.05, 0) is 13.8 Å². The zero-order valence-electron chi connectivity index (χ0n) is 7.68. The molecule has 1 aliphatic rings. The largest absolute Gasteiger partial charge is 0.338 e. The quantitative estimate of drug-likeness (QED) is 0.556. The molecule has 0 saturated carbocycles. The Morgan fingerprint density at radius 3 is 2.75 bits per heavy atom. The molecule has 3 N–H and O–H groups in total. The molecule has 1 heterocycles. The third-order valence-electron chi connectivity index (χ3n) is 2.22.